The molecule has 1 spiro atoms. The number of rotatable bonds is 3. The van der Waals surface area contributed by atoms with Gasteiger partial charge in [0.05, 0.1) is 24.6 Å². The van der Waals surface area contributed by atoms with Crippen LogP contribution in [0.4, 0.5) is 5.82 Å². The van der Waals surface area contributed by atoms with Gasteiger partial charge in [0.2, 0.25) is 0 Å². The van der Waals surface area contributed by atoms with Gasteiger partial charge in [-0.05, 0) is 31.1 Å². The zero-order valence-corrected chi connectivity index (χ0v) is 13.8. The molecule has 2 fully saturated rings. The molecule has 6 nitrogen and oxygen atoms in total. The van der Waals surface area contributed by atoms with Gasteiger partial charge in [-0.1, -0.05) is 0 Å². The summed E-state index contributed by atoms with van der Waals surface area (Å²) in [6.45, 7) is 2.94. The van der Waals surface area contributed by atoms with Crippen molar-refractivity contribution in [1.29, 1.82) is 0 Å². The van der Waals surface area contributed by atoms with Gasteiger partial charge in [-0.25, -0.2) is 4.98 Å². The van der Waals surface area contributed by atoms with Gasteiger partial charge in [0.25, 0.3) is 0 Å². The Labute approximate surface area is 142 Å². The van der Waals surface area contributed by atoms with Crippen LogP contribution < -0.4 is 4.90 Å². The van der Waals surface area contributed by atoms with Crippen LogP contribution in [-0.4, -0.2) is 45.7 Å². The minimum absolute atomic E-state index is 0.283. The molecule has 126 valence electrons. The fourth-order valence-electron chi connectivity index (χ4n) is 3.81. The molecule has 2 aromatic rings. The summed E-state index contributed by atoms with van der Waals surface area (Å²) in [6.07, 6.45) is 16.5. The summed E-state index contributed by atoms with van der Waals surface area (Å²) in [5.41, 5.74) is 1.37. The standard InChI is InChI=1S/C18H23N5O/c1-2-18(14-24-16(1)11-15-12-19-5-7-21-15)3-9-23(10-4-18)17-13-20-6-8-22-17/h5-8,12-13,16H,1-4,9-11,14H2/t16-/m0/s1. The normalized spacial score (nSPS) is 23.3. The van der Waals surface area contributed by atoms with E-state index >= 15 is 0 Å². The molecule has 0 bridgehead atoms. The van der Waals surface area contributed by atoms with E-state index in [1.807, 2.05) is 12.4 Å². The summed E-state index contributed by atoms with van der Waals surface area (Å²) in [5.74, 6) is 0.990. The van der Waals surface area contributed by atoms with Crippen molar-refractivity contribution < 1.29 is 4.74 Å². The first-order chi connectivity index (χ1) is 11.8. The molecular weight excluding hydrogens is 302 g/mol. The van der Waals surface area contributed by atoms with Crippen LogP contribution in [0, 0.1) is 5.41 Å². The number of ether oxygens (including phenoxy) is 1. The lowest BCUT2D eigenvalue weighted by molar-refractivity contribution is -0.0717. The van der Waals surface area contributed by atoms with Crippen LogP contribution in [0.3, 0.4) is 0 Å². The average molecular weight is 325 g/mol. The van der Waals surface area contributed by atoms with Crippen molar-refractivity contribution >= 4 is 5.82 Å². The predicted molar refractivity (Wildman–Crippen MR) is 90.6 cm³/mol. The van der Waals surface area contributed by atoms with E-state index in [9.17, 15) is 0 Å². The van der Waals surface area contributed by atoms with Crippen LogP contribution in [0.25, 0.3) is 0 Å². The summed E-state index contributed by atoms with van der Waals surface area (Å²) in [5, 5.41) is 0. The minimum Gasteiger partial charge on any atom is -0.377 e. The molecule has 4 heterocycles. The molecule has 6 heteroatoms. The molecule has 0 N–H and O–H groups in total. The molecule has 4 rings (SSSR count). The van der Waals surface area contributed by atoms with Gasteiger partial charge in [-0.2, -0.15) is 0 Å². The van der Waals surface area contributed by atoms with E-state index < -0.39 is 0 Å². The third-order valence-electron chi connectivity index (χ3n) is 5.37. The van der Waals surface area contributed by atoms with Crippen molar-refractivity contribution in [2.24, 2.45) is 5.41 Å². The Morgan fingerprint density at radius 1 is 1.00 bits per heavy atom. The van der Waals surface area contributed by atoms with Gasteiger partial charge < -0.3 is 9.64 Å². The molecule has 2 saturated heterocycles. The first-order valence-electron chi connectivity index (χ1n) is 8.71. The summed E-state index contributed by atoms with van der Waals surface area (Å²) < 4.78 is 6.20. The second kappa shape index (κ2) is 6.81. The molecule has 24 heavy (non-hydrogen) atoms. The van der Waals surface area contributed by atoms with Crippen LogP contribution in [0.2, 0.25) is 0 Å². The molecule has 0 saturated carbocycles. The Hall–Kier alpha value is -2.08. The lowest BCUT2D eigenvalue weighted by Gasteiger charge is -2.45. The van der Waals surface area contributed by atoms with Crippen molar-refractivity contribution in [2.45, 2.75) is 38.2 Å². The Bertz CT molecular complexity index is 633. The number of aromatic nitrogens is 4. The van der Waals surface area contributed by atoms with Crippen LogP contribution in [0.15, 0.2) is 37.2 Å². The molecule has 0 aliphatic carbocycles. The number of anilines is 1. The van der Waals surface area contributed by atoms with Gasteiger partial charge in [0.15, 0.2) is 0 Å². The molecule has 2 aromatic heterocycles. The number of hydrogen-bond donors (Lipinski definition) is 0. The van der Waals surface area contributed by atoms with Crippen molar-refractivity contribution in [3.05, 3.63) is 42.9 Å². The lowest BCUT2D eigenvalue weighted by Crippen LogP contribution is -2.46. The maximum atomic E-state index is 6.20. The largest absolute Gasteiger partial charge is 0.377 e. The maximum Gasteiger partial charge on any atom is 0.147 e. The maximum absolute atomic E-state index is 6.20. The van der Waals surface area contributed by atoms with E-state index in [2.05, 4.69) is 24.8 Å². The van der Waals surface area contributed by atoms with E-state index in [0.717, 1.165) is 44.0 Å². The molecule has 2 aliphatic rings. The molecular formula is C18H23N5O. The smallest absolute Gasteiger partial charge is 0.147 e. The minimum atomic E-state index is 0.283. The second-order valence-electron chi connectivity index (χ2n) is 6.92. The van der Waals surface area contributed by atoms with E-state index in [4.69, 9.17) is 4.74 Å². The van der Waals surface area contributed by atoms with Gasteiger partial charge in [0.1, 0.15) is 5.82 Å². The third kappa shape index (κ3) is 3.38. The van der Waals surface area contributed by atoms with Crippen molar-refractivity contribution in [3.63, 3.8) is 0 Å². The van der Waals surface area contributed by atoms with E-state index in [1.54, 1.807) is 24.8 Å². The molecule has 0 amide bonds. The molecule has 1 atom stereocenters. The fraction of sp³-hybridized carbons (Fsp3) is 0.556. The fourth-order valence-corrected chi connectivity index (χ4v) is 3.81. The summed E-state index contributed by atoms with van der Waals surface area (Å²) in [7, 11) is 0. The van der Waals surface area contributed by atoms with Crippen LogP contribution in [0.5, 0.6) is 0 Å². The number of hydrogen-bond acceptors (Lipinski definition) is 6. The predicted octanol–water partition coefficient (Wildman–Crippen LogP) is 2.27. The van der Waals surface area contributed by atoms with Crippen molar-refractivity contribution in [1.82, 2.24) is 19.9 Å². The Morgan fingerprint density at radius 2 is 1.79 bits per heavy atom. The van der Waals surface area contributed by atoms with Gasteiger partial charge in [-0.15, -0.1) is 0 Å². The topological polar surface area (TPSA) is 64.0 Å². The highest BCUT2D eigenvalue weighted by Crippen LogP contribution is 2.41. The van der Waals surface area contributed by atoms with Crippen LogP contribution in [0.1, 0.15) is 31.4 Å². The Morgan fingerprint density at radius 3 is 2.42 bits per heavy atom. The van der Waals surface area contributed by atoms with Gasteiger partial charge in [-0.3, -0.25) is 15.0 Å². The Balaban J connectivity index is 1.30. The number of nitrogens with zero attached hydrogens (tertiary/aromatic N) is 5. The zero-order chi connectivity index (χ0) is 16.2. The second-order valence-corrected chi connectivity index (χ2v) is 6.92. The Kier molecular flexibility index (Phi) is 4.38. The van der Waals surface area contributed by atoms with Gasteiger partial charge in [0, 0.05) is 50.5 Å². The highest BCUT2D eigenvalue weighted by molar-refractivity contribution is 5.35. The first kappa shape index (κ1) is 15.4. The van der Waals surface area contributed by atoms with Crippen molar-refractivity contribution in [3.8, 4) is 0 Å². The van der Waals surface area contributed by atoms with E-state index in [0.29, 0.717) is 5.41 Å². The zero-order valence-electron chi connectivity index (χ0n) is 13.8. The third-order valence-corrected chi connectivity index (χ3v) is 5.37. The van der Waals surface area contributed by atoms with Crippen LogP contribution in [-0.2, 0) is 11.2 Å². The monoisotopic (exact) mass is 325 g/mol. The first-order valence-corrected chi connectivity index (χ1v) is 8.71. The quantitative estimate of drug-likeness (QED) is 0.862. The molecule has 0 aromatic carbocycles. The van der Waals surface area contributed by atoms with E-state index in [1.165, 1.54) is 19.3 Å². The van der Waals surface area contributed by atoms with E-state index in [-0.39, 0.29) is 6.10 Å². The average Bonchev–Trinajstić information content (AvgIpc) is 2.66. The van der Waals surface area contributed by atoms with Gasteiger partial charge >= 0.3 is 0 Å². The highest BCUT2D eigenvalue weighted by Gasteiger charge is 2.39. The molecule has 2 aliphatic heterocycles. The summed E-state index contributed by atoms with van der Waals surface area (Å²) in [4.78, 5) is 19.4. The lowest BCUT2D eigenvalue weighted by atomic mass is 9.73. The van der Waals surface area contributed by atoms with Crippen molar-refractivity contribution in [2.75, 3.05) is 24.6 Å². The summed E-state index contributed by atoms with van der Waals surface area (Å²) >= 11 is 0. The molecule has 0 unspecified atom stereocenters. The number of piperidine rings is 1. The SMILES string of the molecule is c1cnc(C[C@@H]2CCC3(CCN(c4cnccn4)CC3)CO2)cn1. The highest BCUT2D eigenvalue weighted by atomic mass is 16.5. The summed E-state index contributed by atoms with van der Waals surface area (Å²) in [6, 6.07) is 0. The molecule has 0 radical (unpaired) electrons. The van der Waals surface area contributed by atoms with Crippen LogP contribution >= 0.6 is 0 Å².